The molecule has 0 spiro atoms. The number of carboxylic acid groups (broad SMARTS) is 1. The van der Waals surface area contributed by atoms with Gasteiger partial charge in [-0.05, 0) is 44.0 Å². The molecule has 1 saturated heterocycles. The van der Waals surface area contributed by atoms with Gasteiger partial charge in [-0.3, -0.25) is 4.79 Å². The van der Waals surface area contributed by atoms with Gasteiger partial charge in [0, 0.05) is 17.6 Å². The monoisotopic (exact) mass is 361 g/mol. The maximum atomic E-state index is 12.4. The van der Waals surface area contributed by atoms with Crippen LogP contribution in [0.2, 0.25) is 0 Å². The fourth-order valence-corrected chi connectivity index (χ4v) is 3.90. The Balaban J connectivity index is 2.17. The van der Waals surface area contributed by atoms with Crippen molar-refractivity contribution in [3.8, 4) is 0 Å². The summed E-state index contributed by atoms with van der Waals surface area (Å²) in [6, 6.07) is 6.45. The summed E-state index contributed by atoms with van der Waals surface area (Å²) >= 11 is 3.27. The molecule has 0 saturated carbocycles. The molecule has 0 bridgehead atoms. The molecule has 0 amide bonds. The number of halogens is 1. The number of piperidine rings is 1. The highest BCUT2D eigenvalue weighted by Gasteiger charge is 2.40. The van der Waals surface area contributed by atoms with E-state index in [4.69, 9.17) is 5.11 Å². The van der Waals surface area contributed by atoms with Crippen molar-refractivity contribution in [1.29, 1.82) is 0 Å². The smallest absolute Gasteiger partial charge is 0.309 e. The molecule has 20 heavy (non-hydrogen) atoms. The van der Waals surface area contributed by atoms with E-state index in [2.05, 4.69) is 15.9 Å². The zero-order chi connectivity index (χ0) is 15.0. The SMILES string of the molecule is CC1(C(=O)O)CCN(S(=O)(=O)c2ccc(Br)cc2)CC1. The van der Waals surface area contributed by atoms with E-state index in [0.29, 0.717) is 12.8 Å². The van der Waals surface area contributed by atoms with Crippen LogP contribution >= 0.6 is 15.9 Å². The van der Waals surface area contributed by atoms with E-state index in [-0.39, 0.29) is 18.0 Å². The average molecular weight is 362 g/mol. The van der Waals surface area contributed by atoms with E-state index in [1.54, 1.807) is 31.2 Å². The summed E-state index contributed by atoms with van der Waals surface area (Å²) in [6.07, 6.45) is 0.663. The Morgan fingerprint density at radius 3 is 2.20 bits per heavy atom. The van der Waals surface area contributed by atoms with Crippen molar-refractivity contribution in [2.75, 3.05) is 13.1 Å². The maximum Gasteiger partial charge on any atom is 0.309 e. The Hall–Kier alpha value is -0.920. The first-order valence-electron chi connectivity index (χ1n) is 6.25. The number of aliphatic carboxylic acids is 1. The Morgan fingerprint density at radius 1 is 1.25 bits per heavy atom. The number of carbonyl (C=O) groups is 1. The lowest BCUT2D eigenvalue weighted by atomic mass is 9.81. The van der Waals surface area contributed by atoms with Crippen molar-refractivity contribution < 1.29 is 18.3 Å². The second-order valence-electron chi connectivity index (χ2n) is 5.22. The Bertz CT molecular complexity index is 604. The van der Waals surface area contributed by atoms with Gasteiger partial charge in [-0.1, -0.05) is 15.9 Å². The molecule has 1 fully saturated rings. The average Bonchev–Trinajstić information content (AvgIpc) is 2.39. The predicted molar refractivity (Wildman–Crippen MR) is 77.9 cm³/mol. The zero-order valence-electron chi connectivity index (χ0n) is 11.0. The van der Waals surface area contributed by atoms with Crippen LogP contribution in [-0.2, 0) is 14.8 Å². The Labute approximate surface area is 126 Å². The minimum Gasteiger partial charge on any atom is -0.481 e. The van der Waals surface area contributed by atoms with Gasteiger partial charge < -0.3 is 5.11 Å². The molecule has 7 heteroatoms. The first kappa shape index (κ1) is 15.5. The van der Waals surface area contributed by atoms with Crippen LogP contribution in [0.3, 0.4) is 0 Å². The highest BCUT2D eigenvalue weighted by atomic mass is 79.9. The molecule has 1 aliphatic heterocycles. The van der Waals surface area contributed by atoms with Gasteiger partial charge in [0.15, 0.2) is 0 Å². The molecule has 0 atom stereocenters. The second kappa shape index (κ2) is 5.46. The molecule has 0 radical (unpaired) electrons. The summed E-state index contributed by atoms with van der Waals surface area (Å²) in [4.78, 5) is 11.4. The fourth-order valence-electron chi connectivity index (χ4n) is 2.19. The quantitative estimate of drug-likeness (QED) is 0.896. The maximum absolute atomic E-state index is 12.4. The number of nitrogens with zero attached hydrogens (tertiary/aromatic N) is 1. The highest BCUT2D eigenvalue weighted by molar-refractivity contribution is 9.10. The zero-order valence-corrected chi connectivity index (χ0v) is 13.4. The number of carboxylic acids is 1. The number of hydrogen-bond donors (Lipinski definition) is 1. The van der Waals surface area contributed by atoms with Crippen molar-refractivity contribution in [3.05, 3.63) is 28.7 Å². The predicted octanol–water partition coefficient (Wildman–Crippen LogP) is 2.32. The molecule has 1 aliphatic rings. The molecular weight excluding hydrogens is 346 g/mol. The molecule has 2 rings (SSSR count). The van der Waals surface area contributed by atoms with Crippen LogP contribution in [0.5, 0.6) is 0 Å². The summed E-state index contributed by atoms with van der Waals surface area (Å²) in [5, 5.41) is 9.16. The highest BCUT2D eigenvalue weighted by Crippen LogP contribution is 2.33. The van der Waals surface area contributed by atoms with E-state index in [0.717, 1.165) is 4.47 Å². The van der Waals surface area contributed by atoms with Gasteiger partial charge in [-0.2, -0.15) is 4.31 Å². The van der Waals surface area contributed by atoms with Gasteiger partial charge in [0.1, 0.15) is 0 Å². The lowest BCUT2D eigenvalue weighted by Gasteiger charge is -2.35. The third-order valence-corrected chi connectivity index (χ3v) is 6.24. The number of benzene rings is 1. The topological polar surface area (TPSA) is 74.7 Å². The number of rotatable bonds is 3. The van der Waals surface area contributed by atoms with Crippen LogP contribution in [0.4, 0.5) is 0 Å². The molecule has 1 aromatic rings. The summed E-state index contributed by atoms with van der Waals surface area (Å²) < 4.78 is 27.1. The normalized spacial score (nSPS) is 19.7. The van der Waals surface area contributed by atoms with Crippen molar-refractivity contribution in [3.63, 3.8) is 0 Å². The third kappa shape index (κ3) is 2.89. The number of hydrogen-bond acceptors (Lipinski definition) is 3. The van der Waals surface area contributed by atoms with E-state index < -0.39 is 21.4 Å². The molecule has 0 aliphatic carbocycles. The van der Waals surface area contributed by atoms with Gasteiger partial charge in [-0.15, -0.1) is 0 Å². The first-order valence-corrected chi connectivity index (χ1v) is 8.48. The molecular formula is C13H16BrNO4S. The Morgan fingerprint density at radius 2 is 1.75 bits per heavy atom. The van der Waals surface area contributed by atoms with Gasteiger partial charge in [0.2, 0.25) is 10.0 Å². The van der Waals surface area contributed by atoms with Crippen molar-refractivity contribution >= 4 is 31.9 Å². The van der Waals surface area contributed by atoms with Crippen molar-refractivity contribution in [2.24, 2.45) is 5.41 Å². The minimum absolute atomic E-state index is 0.236. The van der Waals surface area contributed by atoms with Gasteiger partial charge in [0.05, 0.1) is 10.3 Å². The Kier molecular flexibility index (Phi) is 4.22. The molecule has 5 nitrogen and oxygen atoms in total. The van der Waals surface area contributed by atoms with E-state index in [1.807, 2.05) is 0 Å². The molecule has 1 heterocycles. The van der Waals surface area contributed by atoms with E-state index >= 15 is 0 Å². The first-order chi connectivity index (χ1) is 9.25. The molecule has 0 aromatic heterocycles. The van der Waals surface area contributed by atoms with Crippen molar-refractivity contribution in [2.45, 2.75) is 24.7 Å². The van der Waals surface area contributed by atoms with Crippen LogP contribution in [0.15, 0.2) is 33.6 Å². The summed E-state index contributed by atoms with van der Waals surface area (Å²) in [5.41, 5.74) is -0.828. The molecule has 0 unspecified atom stereocenters. The number of sulfonamides is 1. The minimum atomic E-state index is -3.54. The molecule has 1 N–H and O–H groups in total. The lowest BCUT2D eigenvalue weighted by Crippen LogP contribution is -2.45. The van der Waals surface area contributed by atoms with Crippen LogP contribution in [-0.4, -0.2) is 36.9 Å². The van der Waals surface area contributed by atoms with Gasteiger partial charge in [0.25, 0.3) is 0 Å². The summed E-state index contributed by atoms with van der Waals surface area (Å²) in [7, 11) is -3.54. The standard InChI is InChI=1S/C13H16BrNO4S/c1-13(12(16)17)6-8-15(9-7-13)20(18,19)11-4-2-10(14)3-5-11/h2-5H,6-9H2,1H3,(H,16,17). The van der Waals surface area contributed by atoms with E-state index in [1.165, 1.54) is 4.31 Å². The summed E-state index contributed by atoms with van der Waals surface area (Å²) in [5.74, 6) is -0.863. The second-order valence-corrected chi connectivity index (χ2v) is 8.08. The third-order valence-electron chi connectivity index (χ3n) is 3.79. The summed E-state index contributed by atoms with van der Waals surface area (Å²) in [6.45, 7) is 2.14. The van der Waals surface area contributed by atoms with E-state index in [9.17, 15) is 13.2 Å². The largest absolute Gasteiger partial charge is 0.481 e. The molecule has 110 valence electrons. The van der Waals surface area contributed by atoms with Gasteiger partial charge in [-0.25, -0.2) is 8.42 Å². The van der Waals surface area contributed by atoms with Crippen LogP contribution in [0, 0.1) is 5.41 Å². The van der Waals surface area contributed by atoms with Crippen LogP contribution in [0.1, 0.15) is 19.8 Å². The van der Waals surface area contributed by atoms with Crippen molar-refractivity contribution in [1.82, 2.24) is 4.31 Å². The van der Waals surface area contributed by atoms with Crippen LogP contribution < -0.4 is 0 Å². The molecule has 1 aromatic carbocycles. The van der Waals surface area contributed by atoms with Gasteiger partial charge >= 0.3 is 5.97 Å². The van der Waals surface area contributed by atoms with Crippen LogP contribution in [0.25, 0.3) is 0 Å². The lowest BCUT2D eigenvalue weighted by molar-refractivity contribution is -0.150. The fraction of sp³-hybridized carbons (Fsp3) is 0.462.